The molecule has 2 aromatic rings. The summed E-state index contributed by atoms with van der Waals surface area (Å²) in [5.74, 6) is 2.40. The fourth-order valence-corrected chi connectivity index (χ4v) is 4.14. The fraction of sp³-hybridized carbons (Fsp3) is 0.300. The lowest BCUT2D eigenvalue weighted by Gasteiger charge is -2.33. The molecule has 25 heavy (non-hydrogen) atoms. The molecule has 5 heteroatoms. The number of nitrogens with zero attached hydrogens (tertiary/aromatic N) is 1. The quantitative estimate of drug-likeness (QED) is 0.493. The Morgan fingerprint density at radius 2 is 2.08 bits per heavy atom. The maximum absolute atomic E-state index is 11.5. The summed E-state index contributed by atoms with van der Waals surface area (Å²) in [6.07, 6.45) is 3.69. The molecular weight excluding hydrogens is 398 g/mol. The van der Waals surface area contributed by atoms with Crippen LogP contribution >= 0.6 is 27.7 Å². The van der Waals surface area contributed by atoms with Crippen LogP contribution in [0.2, 0.25) is 0 Å². The molecule has 1 aliphatic rings. The maximum Gasteiger partial charge on any atom is 0.148 e. The molecule has 3 nitrogen and oxygen atoms in total. The van der Waals surface area contributed by atoms with E-state index >= 15 is 0 Å². The Hall–Kier alpha value is -1.52. The zero-order valence-electron chi connectivity index (χ0n) is 14.1. The molecule has 0 aliphatic carbocycles. The zero-order valence-corrected chi connectivity index (χ0v) is 16.5. The first-order chi connectivity index (χ1) is 12.2. The number of thioether (sulfide) groups is 1. The van der Waals surface area contributed by atoms with Crippen molar-refractivity contribution in [3.63, 3.8) is 0 Å². The van der Waals surface area contributed by atoms with Crippen molar-refractivity contribution in [2.75, 3.05) is 12.8 Å². The minimum absolute atomic E-state index is 0.313. The molecule has 1 unspecified atom stereocenters. The van der Waals surface area contributed by atoms with Gasteiger partial charge in [0.15, 0.2) is 0 Å². The van der Waals surface area contributed by atoms with Crippen LogP contribution in [0.25, 0.3) is 0 Å². The number of rotatable bonds is 5. The van der Waals surface area contributed by atoms with Crippen LogP contribution in [0, 0.1) is 0 Å². The smallest absolute Gasteiger partial charge is 0.148 e. The van der Waals surface area contributed by atoms with E-state index < -0.39 is 0 Å². The number of allylic oxidation sites excluding steroid dienone is 1. The van der Waals surface area contributed by atoms with Crippen LogP contribution in [0.4, 0.5) is 0 Å². The molecule has 0 N–H and O–H groups in total. The SMILES string of the molecule is CSc1ccc(Br)cc1C1CCN(OCc2ccccc2)C(=C=O)C1. The number of hydrogen-bond donors (Lipinski definition) is 0. The summed E-state index contributed by atoms with van der Waals surface area (Å²) in [5, 5.41) is 1.72. The van der Waals surface area contributed by atoms with Crippen molar-refractivity contribution in [2.24, 2.45) is 0 Å². The van der Waals surface area contributed by atoms with Gasteiger partial charge >= 0.3 is 0 Å². The average Bonchev–Trinajstić information content (AvgIpc) is 2.67. The predicted octanol–water partition coefficient (Wildman–Crippen LogP) is 5.20. The van der Waals surface area contributed by atoms with Gasteiger partial charge in [0.05, 0.1) is 6.61 Å². The predicted molar refractivity (Wildman–Crippen MR) is 105 cm³/mol. The molecule has 0 spiro atoms. The molecule has 0 aromatic heterocycles. The lowest BCUT2D eigenvalue weighted by Crippen LogP contribution is -2.31. The van der Waals surface area contributed by atoms with E-state index in [1.54, 1.807) is 16.8 Å². The third kappa shape index (κ3) is 4.56. The van der Waals surface area contributed by atoms with E-state index in [9.17, 15) is 4.79 Å². The van der Waals surface area contributed by atoms with Gasteiger partial charge in [-0.3, -0.25) is 4.84 Å². The van der Waals surface area contributed by atoms with Crippen LogP contribution in [0.1, 0.15) is 29.9 Å². The molecule has 1 aliphatic heterocycles. The Kier molecular flexibility index (Phi) is 6.38. The Labute approximate surface area is 161 Å². The lowest BCUT2D eigenvalue weighted by molar-refractivity contribution is -0.152. The fourth-order valence-electron chi connectivity index (χ4n) is 3.10. The average molecular weight is 418 g/mol. The number of benzene rings is 2. The van der Waals surface area contributed by atoms with Gasteiger partial charge < -0.3 is 0 Å². The van der Waals surface area contributed by atoms with Crippen LogP contribution in [0.15, 0.2) is 63.6 Å². The molecule has 0 amide bonds. The van der Waals surface area contributed by atoms with E-state index in [1.807, 2.05) is 30.3 Å². The molecule has 0 radical (unpaired) electrons. The van der Waals surface area contributed by atoms with Crippen molar-refractivity contribution in [1.82, 2.24) is 5.06 Å². The minimum atomic E-state index is 0.313. The van der Waals surface area contributed by atoms with Crippen LogP contribution in [-0.4, -0.2) is 23.8 Å². The summed E-state index contributed by atoms with van der Waals surface area (Å²) in [6.45, 7) is 1.16. The summed E-state index contributed by atoms with van der Waals surface area (Å²) in [6, 6.07) is 16.3. The molecule has 0 saturated carbocycles. The van der Waals surface area contributed by atoms with Gasteiger partial charge in [0, 0.05) is 22.3 Å². The Morgan fingerprint density at radius 3 is 2.80 bits per heavy atom. The van der Waals surface area contributed by atoms with Gasteiger partial charge in [-0.25, -0.2) is 9.86 Å². The monoisotopic (exact) mass is 417 g/mol. The number of halogens is 1. The largest absolute Gasteiger partial charge is 0.268 e. The first-order valence-electron chi connectivity index (χ1n) is 8.23. The van der Waals surface area contributed by atoms with Gasteiger partial charge in [0.1, 0.15) is 11.6 Å². The standard InChI is InChI=1S/C20H20BrNO2S/c1-25-20-8-7-17(21)12-19(20)16-9-10-22(18(11-16)13-23)24-14-15-5-3-2-4-6-15/h2-8,12,16H,9-11,14H2,1H3. The Balaban J connectivity index is 1.70. The number of hydroxylamine groups is 2. The van der Waals surface area contributed by atoms with E-state index in [2.05, 4.69) is 46.3 Å². The molecule has 1 fully saturated rings. The summed E-state index contributed by atoms with van der Waals surface area (Å²) in [7, 11) is 0. The summed E-state index contributed by atoms with van der Waals surface area (Å²) in [4.78, 5) is 18.6. The van der Waals surface area contributed by atoms with E-state index in [-0.39, 0.29) is 0 Å². The highest BCUT2D eigenvalue weighted by molar-refractivity contribution is 9.10. The van der Waals surface area contributed by atoms with Crippen molar-refractivity contribution in [3.05, 3.63) is 69.8 Å². The third-order valence-corrected chi connectivity index (χ3v) is 5.71. The van der Waals surface area contributed by atoms with Gasteiger partial charge in [-0.2, -0.15) is 0 Å². The number of carbonyl (C=O) groups excluding carboxylic acids is 1. The van der Waals surface area contributed by atoms with Crippen LogP contribution in [-0.2, 0) is 16.2 Å². The highest BCUT2D eigenvalue weighted by Gasteiger charge is 2.27. The highest BCUT2D eigenvalue weighted by Crippen LogP contribution is 2.38. The van der Waals surface area contributed by atoms with E-state index in [0.717, 1.165) is 16.5 Å². The maximum atomic E-state index is 11.5. The van der Waals surface area contributed by atoms with Crippen molar-refractivity contribution in [1.29, 1.82) is 0 Å². The van der Waals surface area contributed by atoms with Crippen LogP contribution in [0.5, 0.6) is 0 Å². The van der Waals surface area contributed by atoms with E-state index in [4.69, 9.17) is 4.84 Å². The van der Waals surface area contributed by atoms with Gasteiger partial charge in [-0.05, 0) is 47.9 Å². The molecule has 1 saturated heterocycles. The Morgan fingerprint density at radius 1 is 1.28 bits per heavy atom. The molecule has 1 atom stereocenters. The van der Waals surface area contributed by atoms with E-state index in [0.29, 0.717) is 31.2 Å². The van der Waals surface area contributed by atoms with E-state index in [1.165, 1.54) is 10.5 Å². The highest BCUT2D eigenvalue weighted by atomic mass is 79.9. The first kappa shape index (κ1) is 18.3. The second kappa shape index (κ2) is 8.72. The third-order valence-electron chi connectivity index (χ3n) is 4.40. The summed E-state index contributed by atoms with van der Waals surface area (Å²) in [5.41, 5.74) is 2.98. The topological polar surface area (TPSA) is 29.5 Å². The van der Waals surface area contributed by atoms with Crippen molar-refractivity contribution < 1.29 is 9.63 Å². The van der Waals surface area contributed by atoms with Crippen LogP contribution < -0.4 is 0 Å². The molecule has 3 rings (SSSR count). The van der Waals surface area contributed by atoms with Gasteiger partial charge in [-0.1, -0.05) is 46.3 Å². The van der Waals surface area contributed by atoms with Gasteiger partial charge in [0.2, 0.25) is 0 Å². The first-order valence-corrected chi connectivity index (χ1v) is 10.2. The normalized spacial score (nSPS) is 17.4. The van der Waals surface area contributed by atoms with Crippen molar-refractivity contribution >= 4 is 33.6 Å². The number of piperidine rings is 1. The van der Waals surface area contributed by atoms with Crippen molar-refractivity contribution in [2.45, 2.75) is 30.3 Å². The van der Waals surface area contributed by atoms with Gasteiger partial charge in [-0.15, -0.1) is 11.8 Å². The van der Waals surface area contributed by atoms with Gasteiger partial charge in [0.25, 0.3) is 0 Å². The lowest BCUT2D eigenvalue weighted by atomic mass is 9.88. The number of hydrogen-bond acceptors (Lipinski definition) is 4. The Bertz CT molecular complexity index is 775. The second-order valence-electron chi connectivity index (χ2n) is 5.99. The van der Waals surface area contributed by atoms with Crippen LogP contribution in [0.3, 0.4) is 0 Å². The summed E-state index contributed by atoms with van der Waals surface area (Å²) >= 11 is 5.30. The molecule has 130 valence electrons. The molecule has 2 aromatic carbocycles. The second-order valence-corrected chi connectivity index (χ2v) is 7.75. The molecule has 1 heterocycles. The molecule has 0 bridgehead atoms. The zero-order chi connectivity index (χ0) is 17.6. The van der Waals surface area contributed by atoms with Crippen molar-refractivity contribution in [3.8, 4) is 0 Å². The molecular formula is C20H20BrNO2S. The minimum Gasteiger partial charge on any atom is -0.268 e. The summed E-state index contributed by atoms with van der Waals surface area (Å²) < 4.78 is 1.07.